The Kier molecular flexibility index (Phi) is 3.49. The average molecular weight is 318 g/mol. The lowest BCUT2D eigenvalue weighted by Crippen LogP contribution is -2.45. The van der Waals surface area contributed by atoms with Crippen LogP contribution in [0.3, 0.4) is 0 Å². The fourth-order valence-corrected chi connectivity index (χ4v) is 3.87. The number of H-pyrrole nitrogens is 1. The molecule has 0 spiro atoms. The number of halogens is 1. The fraction of sp³-hybridized carbons (Fsp3) is 0.471. The number of carbonyl (C=O) groups is 1. The molecular formula is C17H20ClN3O. The van der Waals surface area contributed by atoms with Crippen LogP contribution in [0.2, 0.25) is 5.02 Å². The van der Waals surface area contributed by atoms with E-state index in [1.807, 2.05) is 23.1 Å². The number of urea groups is 1. The van der Waals surface area contributed by atoms with Crippen molar-refractivity contribution in [3.05, 3.63) is 34.5 Å². The second kappa shape index (κ2) is 5.51. The molecule has 1 fully saturated rings. The van der Waals surface area contributed by atoms with Crippen LogP contribution in [0.4, 0.5) is 4.79 Å². The number of amides is 2. The van der Waals surface area contributed by atoms with Crippen LogP contribution in [-0.2, 0) is 13.0 Å². The fourth-order valence-electron chi connectivity index (χ4n) is 3.70. The lowest BCUT2D eigenvalue weighted by molar-refractivity contribution is 0.188. The summed E-state index contributed by atoms with van der Waals surface area (Å²) in [5, 5.41) is 5.06. The number of nitrogens with zero attached hydrogens (tertiary/aromatic N) is 1. The zero-order valence-corrected chi connectivity index (χ0v) is 13.2. The van der Waals surface area contributed by atoms with E-state index >= 15 is 0 Å². The van der Waals surface area contributed by atoms with E-state index in [1.54, 1.807) is 0 Å². The number of benzene rings is 1. The summed E-state index contributed by atoms with van der Waals surface area (Å²) in [7, 11) is 0. The van der Waals surface area contributed by atoms with Crippen LogP contribution in [0.25, 0.3) is 10.9 Å². The molecule has 2 amide bonds. The summed E-state index contributed by atoms with van der Waals surface area (Å²) in [6.07, 6.45) is 5.58. The SMILES string of the molecule is O=C(NC1CCCC1)N1CCc2[nH]c3ccc(Cl)cc3c2C1. The minimum atomic E-state index is 0.0777. The first-order valence-electron chi connectivity index (χ1n) is 8.05. The third-order valence-electron chi connectivity index (χ3n) is 4.91. The molecular weight excluding hydrogens is 298 g/mol. The van der Waals surface area contributed by atoms with Gasteiger partial charge in [0.2, 0.25) is 0 Å². The van der Waals surface area contributed by atoms with E-state index in [9.17, 15) is 4.79 Å². The normalized spacial score (nSPS) is 18.7. The topological polar surface area (TPSA) is 48.1 Å². The number of nitrogens with one attached hydrogen (secondary N) is 2. The molecule has 0 bridgehead atoms. The van der Waals surface area contributed by atoms with Gasteiger partial charge in [-0.2, -0.15) is 0 Å². The van der Waals surface area contributed by atoms with E-state index in [0.29, 0.717) is 12.6 Å². The molecule has 1 aromatic carbocycles. The molecule has 1 aromatic heterocycles. The van der Waals surface area contributed by atoms with E-state index in [0.717, 1.165) is 41.7 Å². The molecule has 2 aliphatic rings. The predicted molar refractivity (Wildman–Crippen MR) is 88.2 cm³/mol. The van der Waals surface area contributed by atoms with Crippen LogP contribution in [0.15, 0.2) is 18.2 Å². The monoisotopic (exact) mass is 317 g/mol. The number of hydrogen-bond acceptors (Lipinski definition) is 1. The van der Waals surface area contributed by atoms with Gasteiger partial charge in [-0.3, -0.25) is 0 Å². The van der Waals surface area contributed by atoms with Gasteiger partial charge in [0.05, 0.1) is 0 Å². The van der Waals surface area contributed by atoms with Gasteiger partial charge in [-0.1, -0.05) is 24.4 Å². The van der Waals surface area contributed by atoms with E-state index in [4.69, 9.17) is 11.6 Å². The molecule has 4 rings (SSSR count). The van der Waals surface area contributed by atoms with Crippen molar-refractivity contribution in [1.82, 2.24) is 15.2 Å². The molecule has 2 N–H and O–H groups in total. The van der Waals surface area contributed by atoms with Crippen molar-refractivity contribution in [3.8, 4) is 0 Å². The van der Waals surface area contributed by atoms with Crippen LogP contribution >= 0.6 is 11.6 Å². The Labute approximate surface area is 134 Å². The highest BCUT2D eigenvalue weighted by Gasteiger charge is 2.26. The Hall–Kier alpha value is -1.68. The summed E-state index contributed by atoms with van der Waals surface area (Å²) >= 11 is 6.12. The molecule has 116 valence electrons. The first-order chi connectivity index (χ1) is 10.7. The van der Waals surface area contributed by atoms with Crippen molar-refractivity contribution < 1.29 is 4.79 Å². The molecule has 5 heteroatoms. The van der Waals surface area contributed by atoms with Gasteiger partial charge in [0.1, 0.15) is 0 Å². The second-order valence-corrected chi connectivity index (χ2v) is 6.81. The summed E-state index contributed by atoms with van der Waals surface area (Å²) in [4.78, 5) is 17.9. The van der Waals surface area contributed by atoms with Gasteiger partial charge >= 0.3 is 6.03 Å². The first kappa shape index (κ1) is 13.9. The Morgan fingerprint density at radius 2 is 2.14 bits per heavy atom. The number of hydrogen-bond donors (Lipinski definition) is 2. The van der Waals surface area contributed by atoms with Gasteiger partial charge in [-0.25, -0.2) is 4.79 Å². The minimum absolute atomic E-state index is 0.0777. The van der Waals surface area contributed by atoms with E-state index < -0.39 is 0 Å². The van der Waals surface area contributed by atoms with Crippen LogP contribution in [0.5, 0.6) is 0 Å². The zero-order valence-electron chi connectivity index (χ0n) is 12.5. The standard InChI is InChI=1S/C17H20ClN3O/c18-11-5-6-15-13(9-11)14-10-21(8-7-16(14)20-15)17(22)19-12-3-1-2-4-12/h5-6,9,12,20H,1-4,7-8,10H2,(H,19,22). The van der Waals surface area contributed by atoms with E-state index in [-0.39, 0.29) is 6.03 Å². The van der Waals surface area contributed by atoms with Gasteiger partial charge in [-0.05, 0) is 31.0 Å². The molecule has 1 saturated carbocycles. The Morgan fingerprint density at radius 3 is 2.95 bits per heavy atom. The van der Waals surface area contributed by atoms with Gasteiger partial charge in [-0.15, -0.1) is 0 Å². The van der Waals surface area contributed by atoms with Gasteiger partial charge in [0, 0.05) is 52.7 Å². The summed E-state index contributed by atoms with van der Waals surface area (Å²) in [6, 6.07) is 6.35. The highest BCUT2D eigenvalue weighted by atomic mass is 35.5. The third-order valence-corrected chi connectivity index (χ3v) is 5.14. The average Bonchev–Trinajstić information content (AvgIpc) is 3.14. The number of aromatic amines is 1. The summed E-state index contributed by atoms with van der Waals surface area (Å²) < 4.78 is 0. The van der Waals surface area contributed by atoms with Crippen molar-refractivity contribution in [1.29, 1.82) is 0 Å². The van der Waals surface area contributed by atoms with Crippen LogP contribution < -0.4 is 5.32 Å². The van der Waals surface area contributed by atoms with Crippen LogP contribution in [0.1, 0.15) is 36.9 Å². The first-order valence-corrected chi connectivity index (χ1v) is 8.43. The number of rotatable bonds is 1. The highest BCUT2D eigenvalue weighted by molar-refractivity contribution is 6.31. The van der Waals surface area contributed by atoms with Crippen molar-refractivity contribution in [2.45, 2.75) is 44.7 Å². The molecule has 0 saturated heterocycles. The molecule has 0 unspecified atom stereocenters. The zero-order chi connectivity index (χ0) is 15.1. The van der Waals surface area contributed by atoms with Crippen LogP contribution in [0, 0.1) is 0 Å². The maximum absolute atomic E-state index is 12.5. The predicted octanol–water partition coefficient (Wildman–Crippen LogP) is 3.83. The van der Waals surface area contributed by atoms with Gasteiger partial charge < -0.3 is 15.2 Å². The lowest BCUT2D eigenvalue weighted by atomic mass is 10.0. The molecule has 2 heterocycles. The van der Waals surface area contributed by atoms with E-state index in [2.05, 4.69) is 10.3 Å². The molecule has 1 aliphatic heterocycles. The van der Waals surface area contributed by atoms with Crippen molar-refractivity contribution in [3.63, 3.8) is 0 Å². The summed E-state index contributed by atoms with van der Waals surface area (Å²) in [5.41, 5.74) is 3.56. The Morgan fingerprint density at radius 1 is 1.32 bits per heavy atom. The van der Waals surface area contributed by atoms with Crippen LogP contribution in [-0.4, -0.2) is 28.5 Å². The lowest BCUT2D eigenvalue weighted by Gasteiger charge is -2.28. The Bertz CT molecular complexity index is 718. The number of fused-ring (bicyclic) bond motifs is 3. The van der Waals surface area contributed by atoms with Gasteiger partial charge in [0.15, 0.2) is 0 Å². The maximum atomic E-state index is 12.5. The molecule has 1 aliphatic carbocycles. The summed E-state index contributed by atoms with van der Waals surface area (Å²) in [6.45, 7) is 1.43. The van der Waals surface area contributed by atoms with Crippen molar-refractivity contribution in [2.24, 2.45) is 0 Å². The minimum Gasteiger partial charge on any atom is -0.358 e. The largest absolute Gasteiger partial charge is 0.358 e. The smallest absolute Gasteiger partial charge is 0.317 e. The van der Waals surface area contributed by atoms with Crippen molar-refractivity contribution in [2.75, 3.05) is 6.54 Å². The quantitative estimate of drug-likeness (QED) is 0.825. The second-order valence-electron chi connectivity index (χ2n) is 6.37. The molecule has 22 heavy (non-hydrogen) atoms. The van der Waals surface area contributed by atoms with Crippen molar-refractivity contribution >= 4 is 28.5 Å². The maximum Gasteiger partial charge on any atom is 0.317 e. The third kappa shape index (κ3) is 2.45. The Balaban J connectivity index is 1.56. The summed E-state index contributed by atoms with van der Waals surface area (Å²) in [5.74, 6) is 0. The molecule has 4 nitrogen and oxygen atoms in total. The highest BCUT2D eigenvalue weighted by Crippen LogP contribution is 2.30. The molecule has 0 atom stereocenters. The molecule has 2 aromatic rings. The molecule has 0 radical (unpaired) electrons. The number of aromatic nitrogens is 1. The van der Waals surface area contributed by atoms with Gasteiger partial charge in [0.25, 0.3) is 0 Å². The number of carbonyl (C=O) groups excluding carboxylic acids is 1. The van der Waals surface area contributed by atoms with E-state index in [1.165, 1.54) is 24.1 Å².